The number of amides is 1. The lowest BCUT2D eigenvalue weighted by molar-refractivity contribution is -0.139. The molecule has 4 heterocycles. The summed E-state index contributed by atoms with van der Waals surface area (Å²) in [4.78, 5) is 22.1. The summed E-state index contributed by atoms with van der Waals surface area (Å²) < 4.78 is 28.6. The number of carbonyl (C=O) groups is 1. The molecule has 1 amide bonds. The van der Waals surface area contributed by atoms with Crippen LogP contribution in [-0.4, -0.2) is 39.2 Å². The molecule has 2 aromatic heterocycles. The van der Waals surface area contributed by atoms with Crippen molar-refractivity contribution in [3.63, 3.8) is 0 Å². The number of carbonyl (C=O) groups excluding carboxylic acids is 1. The highest BCUT2D eigenvalue weighted by Gasteiger charge is 2.51. The van der Waals surface area contributed by atoms with E-state index in [-0.39, 0.29) is 22.2 Å². The normalized spacial score (nSPS) is 21.9. The van der Waals surface area contributed by atoms with Crippen LogP contribution in [0.5, 0.6) is 0 Å². The van der Waals surface area contributed by atoms with Crippen molar-refractivity contribution in [1.82, 2.24) is 20.2 Å². The number of anilines is 2. The molecule has 8 nitrogen and oxygen atoms in total. The highest BCUT2D eigenvalue weighted by atomic mass is 32.2. The van der Waals surface area contributed by atoms with Gasteiger partial charge < -0.3 is 16.0 Å². The maximum Gasteiger partial charge on any atom is 0.354 e. The van der Waals surface area contributed by atoms with E-state index in [0.717, 1.165) is 44.1 Å². The smallest absolute Gasteiger partial charge is 0.339 e. The largest absolute Gasteiger partial charge is 0.354 e. The minimum absolute atomic E-state index is 0.0326. The predicted molar refractivity (Wildman–Crippen MR) is 122 cm³/mol. The van der Waals surface area contributed by atoms with Crippen molar-refractivity contribution in [2.45, 2.75) is 41.1 Å². The van der Waals surface area contributed by atoms with Gasteiger partial charge in [0.2, 0.25) is 5.95 Å². The number of rotatable bonds is 3. The molecule has 3 N–H and O–H groups in total. The molecular formula is C23H21F2N7OS. The SMILES string of the molecule is N[C@@H]1c2ccccc2CC12CCN(c1ncc(Sc3ccnc4c3C(F)(F)C(=O)N4)nn1)CC2. The maximum absolute atomic E-state index is 14.3. The van der Waals surface area contributed by atoms with Crippen LogP contribution >= 0.6 is 11.8 Å². The predicted octanol–water partition coefficient (Wildman–Crippen LogP) is 3.30. The molecule has 1 spiro atoms. The molecule has 1 aromatic carbocycles. The van der Waals surface area contributed by atoms with Gasteiger partial charge in [-0.15, -0.1) is 10.2 Å². The number of hydrogen-bond donors (Lipinski definition) is 2. The fourth-order valence-electron chi connectivity index (χ4n) is 5.25. The number of halogens is 2. The quantitative estimate of drug-likeness (QED) is 0.587. The molecule has 0 unspecified atom stereocenters. The molecule has 1 atom stereocenters. The van der Waals surface area contributed by atoms with Crippen LogP contribution in [0, 0.1) is 5.41 Å². The molecule has 3 aliphatic rings. The molecule has 1 saturated heterocycles. The average Bonchev–Trinajstić information content (AvgIpc) is 3.25. The van der Waals surface area contributed by atoms with Crippen LogP contribution in [0.25, 0.3) is 0 Å². The fraction of sp³-hybridized carbons (Fsp3) is 0.348. The summed E-state index contributed by atoms with van der Waals surface area (Å²) in [5, 5.41) is 10.9. The first-order valence-corrected chi connectivity index (χ1v) is 11.8. The summed E-state index contributed by atoms with van der Waals surface area (Å²) >= 11 is 0.978. The highest BCUT2D eigenvalue weighted by molar-refractivity contribution is 7.99. The Morgan fingerprint density at radius 3 is 2.65 bits per heavy atom. The van der Waals surface area contributed by atoms with Gasteiger partial charge in [-0.25, -0.2) is 9.97 Å². The number of alkyl halides is 2. The van der Waals surface area contributed by atoms with Crippen molar-refractivity contribution in [3.8, 4) is 0 Å². The van der Waals surface area contributed by atoms with Gasteiger partial charge in [-0.05, 0) is 41.9 Å². The molecule has 34 heavy (non-hydrogen) atoms. The zero-order chi connectivity index (χ0) is 23.5. The van der Waals surface area contributed by atoms with Gasteiger partial charge >= 0.3 is 11.8 Å². The highest BCUT2D eigenvalue weighted by Crippen LogP contribution is 2.51. The number of aromatic nitrogens is 4. The molecule has 0 saturated carbocycles. The Bertz CT molecular complexity index is 1280. The summed E-state index contributed by atoms with van der Waals surface area (Å²) in [5.41, 5.74) is 8.86. The van der Waals surface area contributed by atoms with Crippen molar-refractivity contribution < 1.29 is 13.6 Å². The maximum atomic E-state index is 14.3. The Balaban J connectivity index is 1.15. The van der Waals surface area contributed by atoms with Crippen LogP contribution in [0.4, 0.5) is 20.5 Å². The first-order chi connectivity index (χ1) is 16.4. The third kappa shape index (κ3) is 3.25. The molecule has 11 heteroatoms. The van der Waals surface area contributed by atoms with Gasteiger partial charge in [-0.1, -0.05) is 36.0 Å². The number of benzene rings is 1. The third-order valence-corrected chi connectivity index (χ3v) is 8.08. The topological polar surface area (TPSA) is 110 Å². The monoisotopic (exact) mass is 481 g/mol. The summed E-state index contributed by atoms with van der Waals surface area (Å²) in [6, 6.07) is 9.87. The van der Waals surface area contributed by atoms with E-state index in [0.29, 0.717) is 11.0 Å². The Kier molecular flexibility index (Phi) is 4.82. The van der Waals surface area contributed by atoms with Crippen LogP contribution in [-0.2, 0) is 17.1 Å². The van der Waals surface area contributed by atoms with Gasteiger partial charge in [0.15, 0.2) is 0 Å². The van der Waals surface area contributed by atoms with Gasteiger partial charge in [0, 0.05) is 30.2 Å². The molecule has 3 aromatic rings. The number of nitrogens with one attached hydrogen (secondary N) is 1. The Labute approximate surface area is 198 Å². The Morgan fingerprint density at radius 2 is 1.91 bits per heavy atom. The molecule has 6 rings (SSSR count). The second-order valence-electron chi connectivity index (χ2n) is 8.96. The van der Waals surface area contributed by atoms with E-state index >= 15 is 0 Å². The zero-order valence-electron chi connectivity index (χ0n) is 18.0. The summed E-state index contributed by atoms with van der Waals surface area (Å²) in [6.07, 6.45) is 5.74. The van der Waals surface area contributed by atoms with Gasteiger partial charge in [-0.2, -0.15) is 8.78 Å². The van der Waals surface area contributed by atoms with Gasteiger partial charge in [0.1, 0.15) is 10.8 Å². The molecule has 0 radical (unpaired) electrons. The number of hydrogen-bond acceptors (Lipinski definition) is 8. The number of piperidine rings is 1. The number of nitrogens with zero attached hydrogens (tertiary/aromatic N) is 5. The van der Waals surface area contributed by atoms with E-state index in [4.69, 9.17) is 5.73 Å². The number of pyridine rings is 1. The van der Waals surface area contributed by atoms with Crippen molar-refractivity contribution in [2.24, 2.45) is 11.1 Å². The van der Waals surface area contributed by atoms with Gasteiger partial charge in [-0.3, -0.25) is 4.79 Å². The standard InChI is InChI=1S/C23H21F2N7OS/c24-23(25)17-15(5-8-27-19(17)29-20(23)33)34-16-12-28-21(31-30-16)32-9-6-22(7-10-32)11-13-3-1-2-4-14(13)18(22)26/h1-5,8,12,18H,6-7,9-11,26H2,(H,27,29,33)/t18-/m1/s1. The van der Waals surface area contributed by atoms with Crippen molar-refractivity contribution >= 4 is 29.4 Å². The van der Waals surface area contributed by atoms with E-state index in [1.54, 1.807) is 0 Å². The number of nitrogens with two attached hydrogens (primary N) is 1. The lowest BCUT2D eigenvalue weighted by atomic mass is 9.73. The lowest BCUT2D eigenvalue weighted by Gasteiger charge is -2.42. The fourth-order valence-corrected chi connectivity index (χ4v) is 6.12. The van der Waals surface area contributed by atoms with Gasteiger partial charge in [0.25, 0.3) is 0 Å². The average molecular weight is 482 g/mol. The van der Waals surface area contributed by atoms with E-state index in [9.17, 15) is 13.6 Å². The van der Waals surface area contributed by atoms with Crippen molar-refractivity contribution in [3.05, 3.63) is 59.4 Å². The molecule has 174 valence electrons. The summed E-state index contributed by atoms with van der Waals surface area (Å²) in [7, 11) is 0. The molecule has 1 aliphatic carbocycles. The van der Waals surface area contributed by atoms with Gasteiger partial charge in [0.05, 0.1) is 11.8 Å². The van der Waals surface area contributed by atoms with Crippen LogP contribution in [0.3, 0.4) is 0 Å². The van der Waals surface area contributed by atoms with Crippen LogP contribution in [0.15, 0.2) is 52.6 Å². The summed E-state index contributed by atoms with van der Waals surface area (Å²) in [5.74, 6) is -4.65. The van der Waals surface area contributed by atoms with E-state index < -0.39 is 17.4 Å². The van der Waals surface area contributed by atoms with Crippen molar-refractivity contribution in [1.29, 1.82) is 0 Å². The first-order valence-electron chi connectivity index (χ1n) is 11.0. The Hall–Kier alpha value is -3.18. The zero-order valence-corrected chi connectivity index (χ0v) is 18.9. The summed E-state index contributed by atoms with van der Waals surface area (Å²) in [6.45, 7) is 1.54. The number of fused-ring (bicyclic) bond motifs is 2. The Morgan fingerprint density at radius 1 is 1.12 bits per heavy atom. The molecule has 0 bridgehead atoms. The molecule has 1 fully saturated rings. The lowest BCUT2D eigenvalue weighted by Crippen LogP contribution is -2.45. The van der Waals surface area contributed by atoms with Crippen LogP contribution in [0.2, 0.25) is 0 Å². The van der Waals surface area contributed by atoms with Crippen LogP contribution in [0.1, 0.15) is 35.6 Å². The van der Waals surface area contributed by atoms with E-state index in [2.05, 4.69) is 48.6 Å². The minimum Gasteiger partial charge on any atom is -0.339 e. The van der Waals surface area contributed by atoms with Crippen LogP contribution < -0.4 is 16.0 Å². The van der Waals surface area contributed by atoms with E-state index in [1.807, 2.05) is 6.07 Å². The second-order valence-corrected chi connectivity index (χ2v) is 10.0. The van der Waals surface area contributed by atoms with Crippen molar-refractivity contribution in [2.75, 3.05) is 23.3 Å². The third-order valence-electron chi connectivity index (χ3n) is 7.12. The first kappa shape index (κ1) is 21.4. The molecule has 2 aliphatic heterocycles. The molecular weight excluding hydrogens is 460 g/mol. The second kappa shape index (κ2) is 7.67. The van der Waals surface area contributed by atoms with E-state index in [1.165, 1.54) is 29.6 Å². The minimum atomic E-state index is -3.64.